The summed E-state index contributed by atoms with van der Waals surface area (Å²) in [6.45, 7) is 10.2. The van der Waals surface area contributed by atoms with E-state index >= 15 is 0 Å². The maximum Gasteiger partial charge on any atom is 0.142 e. The molecule has 0 bridgehead atoms. The number of methoxy groups -OCH3 is 1. The fraction of sp³-hybridized carbons (Fsp3) is 0.267. The number of fused-ring (bicyclic) bond motifs is 3. The van der Waals surface area contributed by atoms with E-state index in [9.17, 15) is 0 Å². The van der Waals surface area contributed by atoms with Crippen molar-refractivity contribution in [2.24, 2.45) is 0 Å². The van der Waals surface area contributed by atoms with Gasteiger partial charge in [0.05, 0.1) is 34.8 Å². The van der Waals surface area contributed by atoms with E-state index in [-0.39, 0.29) is 0 Å². The van der Waals surface area contributed by atoms with Crippen LogP contribution in [0.1, 0.15) is 52.6 Å². The molecule has 0 fully saturated rings. The maximum atomic E-state index is 5.86. The Morgan fingerprint density at radius 2 is 1.82 bits per heavy atom. The summed E-state index contributed by atoms with van der Waals surface area (Å²) < 4.78 is 11.3. The molecule has 0 radical (unpaired) electrons. The fourth-order valence-electron chi connectivity index (χ4n) is 5.09. The summed E-state index contributed by atoms with van der Waals surface area (Å²) in [6.07, 6.45) is 0.662. The van der Waals surface area contributed by atoms with Gasteiger partial charge in [-0.1, -0.05) is 49.3 Å². The Morgan fingerprint density at radius 3 is 2.50 bits per heavy atom. The molecule has 192 valence electrons. The lowest BCUT2D eigenvalue weighted by molar-refractivity contribution is 0.393. The molecular weight excluding hydrogens is 494 g/mol. The quantitative estimate of drug-likeness (QED) is 0.243. The lowest BCUT2D eigenvalue weighted by Gasteiger charge is -2.09. The molecule has 0 saturated carbocycles. The normalized spacial score (nSPS) is 11.8. The number of thiazole rings is 1. The van der Waals surface area contributed by atoms with Gasteiger partial charge in [-0.3, -0.25) is 0 Å². The van der Waals surface area contributed by atoms with Crippen LogP contribution in [0.2, 0.25) is 0 Å². The average Bonchev–Trinajstić information content (AvgIpc) is 3.58. The van der Waals surface area contributed by atoms with Crippen LogP contribution in [-0.4, -0.2) is 32.2 Å². The van der Waals surface area contributed by atoms with E-state index in [1.165, 1.54) is 4.88 Å². The third kappa shape index (κ3) is 4.05. The molecule has 7 nitrogen and oxygen atoms in total. The predicted molar refractivity (Wildman–Crippen MR) is 152 cm³/mol. The van der Waals surface area contributed by atoms with Crippen LogP contribution in [0, 0.1) is 20.8 Å². The second kappa shape index (κ2) is 9.36. The van der Waals surface area contributed by atoms with Crippen LogP contribution in [0.25, 0.3) is 44.3 Å². The van der Waals surface area contributed by atoms with Gasteiger partial charge in [0.15, 0.2) is 0 Å². The molecule has 1 N–H and O–H groups in total. The summed E-state index contributed by atoms with van der Waals surface area (Å²) >= 11 is 1.77. The van der Waals surface area contributed by atoms with Gasteiger partial charge in [0, 0.05) is 44.6 Å². The van der Waals surface area contributed by atoms with Crippen molar-refractivity contribution in [3.63, 3.8) is 0 Å². The Morgan fingerprint density at radius 1 is 1.03 bits per heavy atom. The third-order valence-corrected chi connectivity index (χ3v) is 8.20. The number of nitrogens with zero attached hydrogens (tertiary/aromatic N) is 4. The van der Waals surface area contributed by atoms with Crippen LogP contribution in [0.4, 0.5) is 0 Å². The number of aryl methyl sites for hydroxylation is 3. The highest BCUT2D eigenvalue weighted by atomic mass is 32.1. The van der Waals surface area contributed by atoms with Crippen LogP contribution in [-0.2, 0) is 6.42 Å². The van der Waals surface area contributed by atoms with Gasteiger partial charge in [0.1, 0.15) is 23.0 Å². The zero-order valence-electron chi connectivity index (χ0n) is 22.3. The Labute approximate surface area is 224 Å². The minimum absolute atomic E-state index is 0.350. The van der Waals surface area contributed by atoms with Crippen molar-refractivity contribution in [2.75, 3.05) is 7.11 Å². The number of hydrogen-bond acceptors (Lipinski definition) is 7. The number of aromatic amines is 1. The van der Waals surface area contributed by atoms with E-state index in [2.05, 4.69) is 60.4 Å². The van der Waals surface area contributed by atoms with Crippen molar-refractivity contribution in [1.82, 2.24) is 25.1 Å². The Kier molecular flexibility index (Phi) is 5.99. The lowest BCUT2D eigenvalue weighted by atomic mass is 10.00. The molecule has 38 heavy (non-hydrogen) atoms. The molecule has 0 atom stereocenters. The van der Waals surface area contributed by atoms with Crippen molar-refractivity contribution in [3.8, 4) is 28.1 Å². The zero-order chi connectivity index (χ0) is 26.6. The van der Waals surface area contributed by atoms with Crippen LogP contribution in [0.3, 0.4) is 0 Å². The van der Waals surface area contributed by atoms with Crippen LogP contribution in [0.5, 0.6) is 5.75 Å². The smallest absolute Gasteiger partial charge is 0.142 e. The highest BCUT2D eigenvalue weighted by Gasteiger charge is 2.22. The van der Waals surface area contributed by atoms with Crippen molar-refractivity contribution < 1.29 is 9.26 Å². The minimum Gasteiger partial charge on any atom is -0.496 e. The molecule has 4 heterocycles. The number of rotatable bonds is 6. The molecule has 0 spiro atoms. The van der Waals surface area contributed by atoms with Crippen molar-refractivity contribution in [1.29, 1.82) is 0 Å². The van der Waals surface area contributed by atoms with E-state index in [1.807, 2.05) is 26.8 Å². The van der Waals surface area contributed by atoms with Gasteiger partial charge in [0.25, 0.3) is 0 Å². The van der Waals surface area contributed by atoms with Gasteiger partial charge in [-0.15, -0.1) is 11.3 Å². The molecule has 4 aromatic heterocycles. The average molecular weight is 524 g/mol. The number of nitrogens with one attached hydrogen (secondary N) is 1. The monoisotopic (exact) mass is 523 g/mol. The van der Waals surface area contributed by atoms with Crippen molar-refractivity contribution in [2.45, 2.75) is 47.0 Å². The molecule has 6 aromatic rings. The van der Waals surface area contributed by atoms with Gasteiger partial charge < -0.3 is 14.2 Å². The standard InChI is InChI=1S/C30H29N5O2S/c1-15(2)30-34-28(19-10-8-7-9-11-19)25(38-30)14-23-27-20-13-24(36-6)21(26-16(3)35-37-17(26)4)12-22(20)33-29(27)32-18(5)31-23/h7-13,15H,14H2,1-6H3,(H,31,32,33). The van der Waals surface area contributed by atoms with Crippen molar-refractivity contribution in [3.05, 3.63) is 75.3 Å². The summed E-state index contributed by atoms with van der Waals surface area (Å²) in [5.41, 5.74) is 7.61. The van der Waals surface area contributed by atoms with Gasteiger partial charge in [-0.25, -0.2) is 15.0 Å². The topological polar surface area (TPSA) is 89.7 Å². The first-order valence-electron chi connectivity index (χ1n) is 12.7. The molecular formula is C30H29N5O2S. The number of H-pyrrole nitrogens is 1. The van der Waals surface area contributed by atoms with E-state index in [1.54, 1.807) is 18.4 Å². The highest BCUT2D eigenvalue weighted by Crippen LogP contribution is 2.41. The van der Waals surface area contributed by atoms with Crippen LogP contribution in [0.15, 0.2) is 47.0 Å². The molecule has 6 rings (SSSR count). The summed E-state index contributed by atoms with van der Waals surface area (Å²) in [4.78, 5) is 19.5. The molecule has 0 aliphatic carbocycles. The van der Waals surface area contributed by atoms with Gasteiger partial charge in [-0.2, -0.15) is 0 Å². The number of hydrogen-bond donors (Lipinski definition) is 1. The molecule has 8 heteroatoms. The third-order valence-electron chi connectivity index (χ3n) is 6.84. The Hall–Kier alpha value is -4.04. The lowest BCUT2D eigenvalue weighted by Crippen LogP contribution is -1.98. The molecule has 0 aliphatic heterocycles. The van der Waals surface area contributed by atoms with Gasteiger partial charge in [-0.05, 0) is 32.9 Å². The molecule has 0 aliphatic rings. The first kappa shape index (κ1) is 24.3. The molecule has 0 amide bonds. The number of ether oxygens (including phenoxy) is 1. The molecule has 0 unspecified atom stereocenters. The van der Waals surface area contributed by atoms with Gasteiger partial charge >= 0.3 is 0 Å². The first-order chi connectivity index (χ1) is 18.3. The molecule has 2 aromatic carbocycles. The maximum absolute atomic E-state index is 5.86. The summed E-state index contributed by atoms with van der Waals surface area (Å²) in [5, 5.41) is 7.31. The SMILES string of the molecule is COc1cc2c(cc1-c1c(C)noc1C)[nH]c1nc(C)nc(Cc3sc(C(C)C)nc3-c3ccccc3)c12. The fourth-order valence-corrected chi connectivity index (χ4v) is 6.19. The summed E-state index contributed by atoms with van der Waals surface area (Å²) in [7, 11) is 1.69. The number of benzene rings is 2. The Bertz CT molecular complexity index is 1780. The second-order valence-electron chi connectivity index (χ2n) is 9.88. The van der Waals surface area contributed by atoms with E-state index in [0.29, 0.717) is 12.3 Å². The van der Waals surface area contributed by atoms with Crippen molar-refractivity contribution >= 4 is 33.3 Å². The number of aromatic nitrogens is 5. The summed E-state index contributed by atoms with van der Waals surface area (Å²) in [5.74, 6) is 2.59. The largest absolute Gasteiger partial charge is 0.496 e. The van der Waals surface area contributed by atoms with Crippen LogP contribution < -0.4 is 4.74 Å². The summed E-state index contributed by atoms with van der Waals surface area (Å²) in [6, 6.07) is 14.6. The van der Waals surface area contributed by atoms with E-state index < -0.39 is 0 Å². The minimum atomic E-state index is 0.350. The van der Waals surface area contributed by atoms with E-state index in [0.717, 1.165) is 78.1 Å². The predicted octanol–water partition coefficient (Wildman–Crippen LogP) is 7.54. The molecule has 0 saturated heterocycles. The Balaban J connectivity index is 1.55. The van der Waals surface area contributed by atoms with Gasteiger partial charge in [0.2, 0.25) is 0 Å². The first-order valence-corrected chi connectivity index (χ1v) is 13.5. The highest BCUT2D eigenvalue weighted by molar-refractivity contribution is 7.12. The van der Waals surface area contributed by atoms with Crippen LogP contribution >= 0.6 is 11.3 Å². The van der Waals surface area contributed by atoms with E-state index in [4.69, 9.17) is 24.2 Å². The zero-order valence-corrected chi connectivity index (χ0v) is 23.2. The second-order valence-corrected chi connectivity index (χ2v) is 11.0.